The van der Waals surface area contributed by atoms with E-state index >= 15 is 0 Å². The topological polar surface area (TPSA) is 49.8 Å². The summed E-state index contributed by atoms with van der Waals surface area (Å²) in [5.74, 6) is -1.19. The number of benzene rings is 1. The van der Waals surface area contributed by atoms with Gasteiger partial charge in [-0.25, -0.2) is 9.18 Å². The van der Waals surface area contributed by atoms with Gasteiger partial charge in [-0.15, -0.1) is 0 Å². The van der Waals surface area contributed by atoms with E-state index in [1.165, 1.54) is 12.1 Å². The molecule has 1 unspecified atom stereocenters. The van der Waals surface area contributed by atoms with Crippen LogP contribution in [0.25, 0.3) is 0 Å². The predicted molar refractivity (Wildman–Crippen MR) is 68.4 cm³/mol. The Morgan fingerprint density at radius 2 is 2.05 bits per heavy atom. The molecule has 0 spiro atoms. The minimum Gasteiger partial charge on any atom is -0.480 e. The number of aliphatic carboxylic acids is 1. The van der Waals surface area contributed by atoms with E-state index in [0.29, 0.717) is 13.1 Å². The second-order valence-electron chi connectivity index (χ2n) is 5.26. The molecule has 0 radical (unpaired) electrons. The maximum absolute atomic E-state index is 12.9. The number of likely N-dealkylation sites (tertiary alicyclic amines) is 1. The molecule has 1 atom stereocenters. The SMILES string of the molecule is CC(c1ccc(F)cc1)N1CC(C)(OCC(=O)O)C1. The lowest BCUT2D eigenvalue weighted by Crippen LogP contribution is -2.62. The molecule has 1 aliphatic heterocycles. The van der Waals surface area contributed by atoms with E-state index in [1.807, 2.05) is 13.8 Å². The number of carbonyl (C=O) groups is 1. The van der Waals surface area contributed by atoms with Crippen LogP contribution in [-0.2, 0) is 9.53 Å². The first kappa shape index (κ1) is 14.0. The Bertz CT molecular complexity index is 454. The van der Waals surface area contributed by atoms with Gasteiger partial charge in [-0.2, -0.15) is 0 Å². The standard InChI is InChI=1S/C14H18FNO3/c1-10(11-3-5-12(15)6-4-11)16-8-14(2,9-16)19-7-13(17)18/h3-6,10H,7-9H2,1-2H3,(H,17,18). The van der Waals surface area contributed by atoms with Gasteiger partial charge in [-0.1, -0.05) is 12.1 Å². The van der Waals surface area contributed by atoms with Crippen molar-refractivity contribution in [3.8, 4) is 0 Å². The highest BCUT2D eigenvalue weighted by Crippen LogP contribution is 2.32. The van der Waals surface area contributed by atoms with Gasteiger partial charge in [-0.3, -0.25) is 4.90 Å². The number of hydrogen-bond acceptors (Lipinski definition) is 3. The van der Waals surface area contributed by atoms with Gasteiger partial charge >= 0.3 is 5.97 Å². The maximum Gasteiger partial charge on any atom is 0.329 e. The van der Waals surface area contributed by atoms with Gasteiger partial charge in [0.05, 0.1) is 5.60 Å². The fourth-order valence-corrected chi connectivity index (χ4v) is 2.37. The quantitative estimate of drug-likeness (QED) is 0.887. The van der Waals surface area contributed by atoms with E-state index in [-0.39, 0.29) is 18.5 Å². The van der Waals surface area contributed by atoms with Gasteiger partial charge in [0.25, 0.3) is 0 Å². The molecule has 4 nitrogen and oxygen atoms in total. The Morgan fingerprint density at radius 1 is 1.47 bits per heavy atom. The molecule has 19 heavy (non-hydrogen) atoms. The monoisotopic (exact) mass is 267 g/mol. The zero-order chi connectivity index (χ0) is 14.0. The predicted octanol–water partition coefficient (Wildman–Crippen LogP) is 2.06. The van der Waals surface area contributed by atoms with Crippen molar-refractivity contribution in [3.05, 3.63) is 35.6 Å². The molecule has 1 fully saturated rings. The van der Waals surface area contributed by atoms with Crippen LogP contribution in [0, 0.1) is 5.82 Å². The Kier molecular flexibility index (Phi) is 3.87. The lowest BCUT2D eigenvalue weighted by Gasteiger charge is -2.50. The van der Waals surface area contributed by atoms with Gasteiger partial charge < -0.3 is 9.84 Å². The number of halogens is 1. The van der Waals surface area contributed by atoms with Crippen molar-refractivity contribution >= 4 is 5.97 Å². The molecular formula is C14H18FNO3. The number of hydrogen-bond donors (Lipinski definition) is 1. The van der Waals surface area contributed by atoms with E-state index in [4.69, 9.17) is 9.84 Å². The zero-order valence-corrected chi connectivity index (χ0v) is 11.1. The van der Waals surface area contributed by atoms with E-state index in [1.54, 1.807) is 12.1 Å². The number of carboxylic acids is 1. The van der Waals surface area contributed by atoms with Crippen molar-refractivity contribution in [1.29, 1.82) is 0 Å². The molecular weight excluding hydrogens is 249 g/mol. The minimum atomic E-state index is -0.953. The maximum atomic E-state index is 12.9. The highest BCUT2D eigenvalue weighted by Gasteiger charge is 2.42. The summed E-state index contributed by atoms with van der Waals surface area (Å²) in [5.41, 5.74) is 0.647. The fraction of sp³-hybridized carbons (Fsp3) is 0.500. The van der Waals surface area contributed by atoms with Gasteiger partial charge in [0, 0.05) is 19.1 Å². The molecule has 0 aliphatic carbocycles. The Labute approximate surface area is 111 Å². The van der Waals surface area contributed by atoms with Crippen LogP contribution in [0.3, 0.4) is 0 Å². The molecule has 0 aromatic heterocycles. The van der Waals surface area contributed by atoms with Crippen LogP contribution < -0.4 is 0 Å². The van der Waals surface area contributed by atoms with Crippen molar-refractivity contribution in [2.45, 2.75) is 25.5 Å². The molecule has 1 N–H and O–H groups in total. The highest BCUT2D eigenvalue weighted by atomic mass is 19.1. The third-order valence-electron chi connectivity index (χ3n) is 3.52. The summed E-state index contributed by atoms with van der Waals surface area (Å²) >= 11 is 0. The average molecular weight is 267 g/mol. The van der Waals surface area contributed by atoms with Gasteiger partial charge in [0.15, 0.2) is 0 Å². The summed E-state index contributed by atoms with van der Waals surface area (Å²) in [4.78, 5) is 12.7. The fourth-order valence-electron chi connectivity index (χ4n) is 2.37. The van der Waals surface area contributed by atoms with Gasteiger partial charge in [-0.05, 0) is 31.5 Å². The van der Waals surface area contributed by atoms with E-state index in [0.717, 1.165) is 5.56 Å². The molecule has 1 aromatic rings. The van der Waals surface area contributed by atoms with Crippen molar-refractivity contribution in [2.24, 2.45) is 0 Å². The molecule has 1 saturated heterocycles. The molecule has 2 rings (SSSR count). The third-order valence-corrected chi connectivity index (χ3v) is 3.52. The first-order chi connectivity index (χ1) is 8.89. The first-order valence-corrected chi connectivity index (χ1v) is 6.25. The van der Waals surface area contributed by atoms with Crippen molar-refractivity contribution in [2.75, 3.05) is 19.7 Å². The number of rotatable bonds is 5. The van der Waals surface area contributed by atoms with E-state index in [2.05, 4.69) is 4.90 Å². The van der Waals surface area contributed by atoms with Crippen molar-refractivity contribution in [1.82, 2.24) is 4.90 Å². The molecule has 0 amide bonds. The summed E-state index contributed by atoms with van der Waals surface area (Å²) in [6.07, 6.45) is 0. The summed E-state index contributed by atoms with van der Waals surface area (Å²) in [5, 5.41) is 8.60. The van der Waals surface area contributed by atoms with Crippen molar-refractivity contribution in [3.63, 3.8) is 0 Å². The molecule has 0 saturated carbocycles. The molecule has 104 valence electrons. The Morgan fingerprint density at radius 3 is 2.58 bits per heavy atom. The average Bonchev–Trinajstić information content (AvgIpc) is 2.33. The van der Waals surface area contributed by atoms with Crippen LogP contribution in [0.1, 0.15) is 25.5 Å². The normalized spacial score (nSPS) is 19.7. The zero-order valence-electron chi connectivity index (χ0n) is 11.1. The Hall–Kier alpha value is -1.46. The van der Waals surface area contributed by atoms with Crippen molar-refractivity contribution < 1.29 is 19.0 Å². The molecule has 5 heteroatoms. The summed E-state index contributed by atoms with van der Waals surface area (Å²) < 4.78 is 18.2. The third kappa shape index (κ3) is 3.30. The lowest BCUT2D eigenvalue weighted by molar-refractivity contribution is -0.169. The van der Waals surface area contributed by atoms with Crippen LogP contribution in [0.2, 0.25) is 0 Å². The summed E-state index contributed by atoms with van der Waals surface area (Å²) in [6.45, 7) is 5.04. The van der Waals surface area contributed by atoms with Crippen LogP contribution in [-0.4, -0.2) is 41.3 Å². The van der Waals surface area contributed by atoms with Crippen LogP contribution >= 0.6 is 0 Å². The molecule has 0 bridgehead atoms. The van der Waals surface area contributed by atoms with Crippen LogP contribution in [0.15, 0.2) is 24.3 Å². The van der Waals surface area contributed by atoms with Gasteiger partial charge in [0.1, 0.15) is 12.4 Å². The van der Waals surface area contributed by atoms with Crippen LogP contribution in [0.4, 0.5) is 4.39 Å². The number of nitrogens with zero attached hydrogens (tertiary/aromatic N) is 1. The molecule has 1 aromatic carbocycles. The summed E-state index contributed by atoms with van der Waals surface area (Å²) in [7, 11) is 0. The second kappa shape index (κ2) is 5.27. The summed E-state index contributed by atoms with van der Waals surface area (Å²) in [6, 6.07) is 6.61. The number of ether oxygens (including phenoxy) is 1. The van der Waals surface area contributed by atoms with E-state index in [9.17, 15) is 9.18 Å². The molecule has 1 heterocycles. The number of carboxylic acid groups (broad SMARTS) is 1. The van der Waals surface area contributed by atoms with Gasteiger partial charge in [0.2, 0.25) is 0 Å². The molecule has 1 aliphatic rings. The Balaban J connectivity index is 1.89. The lowest BCUT2D eigenvalue weighted by atomic mass is 9.92. The highest BCUT2D eigenvalue weighted by molar-refractivity contribution is 5.68. The largest absolute Gasteiger partial charge is 0.480 e. The smallest absolute Gasteiger partial charge is 0.329 e. The minimum absolute atomic E-state index is 0.169. The second-order valence-corrected chi connectivity index (χ2v) is 5.26. The first-order valence-electron chi connectivity index (χ1n) is 6.25. The van der Waals surface area contributed by atoms with Crippen LogP contribution in [0.5, 0.6) is 0 Å². The van der Waals surface area contributed by atoms with E-state index < -0.39 is 11.6 Å².